The van der Waals surface area contributed by atoms with Crippen molar-refractivity contribution in [1.29, 1.82) is 5.26 Å². The topological polar surface area (TPSA) is 83.1 Å². The fourth-order valence-corrected chi connectivity index (χ4v) is 3.68. The number of aromatic nitrogens is 1. The Morgan fingerprint density at radius 2 is 1.83 bits per heavy atom. The summed E-state index contributed by atoms with van der Waals surface area (Å²) in [5, 5.41) is 22.0. The van der Waals surface area contributed by atoms with Crippen molar-refractivity contribution in [2.45, 2.75) is 46.1 Å². The second-order valence-electron chi connectivity index (χ2n) is 7.18. The summed E-state index contributed by atoms with van der Waals surface area (Å²) in [4.78, 5) is 26.1. The van der Waals surface area contributed by atoms with E-state index in [0.717, 1.165) is 30.0 Å². The van der Waals surface area contributed by atoms with E-state index in [0.29, 0.717) is 12.0 Å². The van der Waals surface area contributed by atoms with Gasteiger partial charge in [-0.3, -0.25) is 14.2 Å². The number of rotatable bonds is 7. The lowest BCUT2D eigenvalue weighted by Gasteiger charge is -2.16. The zero-order valence-corrected chi connectivity index (χ0v) is 16.7. The number of hydrogen-bond acceptors (Lipinski definition) is 4. The predicted molar refractivity (Wildman–Crippen MR) is 113 cm³/mol. The molecule has 1 N–H and O–H groups in total. The number of aromatic hydroxyl groups is 1. The number of unbranched alkanes of at least 4 members (excludes halogenated alkanes) is 3. The van der Waals surface area contributed by atoms with Crippen LogP contribution in [0.15, 0.2) is 47.3 Å². The van der Waals surface area contributed by atoms with Gasteiger partial charge < -0.3 is 5.11 Å². The molecule has 0 amide bonds. The first kappa shape index (κ1) is 20.3. The van der Waals surface area contributed by atoms with Crippen LogP contribution in [0.25, 0.3) is 10.8 Å². The molecular formula is C24H24N2O3. The number of fused-ring (bicyclic) bond motifs is 1. The summed E-state index contributed by atoms with van der Waals surface area (Å²) in [5.74, 6) is -0.753. The molecule has 5 nitrogen and oxygen atoms in total. The van der Waals surface area contributed by atoms with Gasteiger partial charge in [0.1, 0.15) is 11.6 Å². The van der Waals surface area contributed by atoms with Gasteiger partial charge in [-0.25, -0.2) is 0 Å². The van der Waals surface area contributed by atoms with E-state index >= 15 is 0 Å². The Labute approximate surface area is 169 Å². The summed E-state index contributed by atoms with van der Waals surface area (Å²) < 4.78 is 1.17. The Kier molecular flexibility index (Phi) is 6.13. The van der Waals surface area contributed by atoms with Crippen LogP contribution >= 0.6 is 0 Å². The molecule has 148 valence electrons. The summed E-state index contributed by atoms with van der Waals surface area (Å²) in [6.45, 7) is 3.90. The molecule has 1 aromatic heterocycles. The van der Waals surface area contributed by atoms with Crippen LogP contribution < -0.4 is 5.56 Å². The molecule has 1 heterocycles. The van der Waals surface area contributed by atoms with Gasteiger partial charge in [0.15, 0.2) is 5.78 Å². The van der Waals surface area contributed by atoms with Crippen LogP contribution in [0.2, 0.25) is 0 Å². The van der Waals surface area contributed by atoms with Gasteiger partial charge in [0.25, 0.3) is 5.56 Å². The second kappa shape index (κ2) is 8.74. The Morgan fingerprint density at radius 1 is 1.10 bits per heavy atom. The summed E-state index contributed by atoms with van der Waals surface area (Å²) in [6.07, 6.45) is 3.67. The summed E-state index contributed by atoms with van der Waals surface area (Å²) >= 11 is 0. The van der Waals surface area contributed by atoms with Gasteiger partial charge in [-0.15, -0.1) is 0 Å². The van der Waals surface area contributed by atoms with Crippen LogP contribution in [0.3, 0.4) is 0 Å². The summed E-state index contributed by atoms with van der Waals surface area (Å²) in [7, 11) is 0. The molecule has 29 heavy (non-hydrogen) atoms. The van der Waals surface area contributed by atoms with Crippen LogP contribution in [0.5, 0.6) is 5.88 Å². The van der Waals surface area contributed by atoms with Gasteiger partial charge in [-0.2, -0.15) is 5.26 Å². The third kappa shape index (κ3) is 3.79. The number of benzene rings is 2. The van der Waals surface area contributed by atoms with Gasteiger partial charge >= 0.3 is 0 Å². The molecule has 0 radical (unpaired) electrons. The second-order valence-corrected chi connectivity index (χ2v) is 7.18. The zero-order chi connectivity index (χ0) is 21.0. The van der Waals surface area contributed by atoms with E-state index in [1.807, 2.05) is 36.4 Å². The molecule has 0 aliphatic heterocycles. The van der Waals surface area contributed by atoms with E-state index in [2.05, 4.69) is 6.92 Å². The fraction of sp³-hybridized carbons (Fsp3) is 0.292. The van der Waals surface area contributed by atoms with Crippen LogP contribution in [-0.2, 0) is 6.54 Å². The molecule has 0 saturated heterocycles. The Morgan fingerprint density at radius 3 is 2.55 bits per heavy atom. The molecule has 3 rings (SSSR count). The molecule has 0 atom stereocenters. The maximum atomic E-state index is 13.4. The highest BCUT2D eigenvalue weighted by molar-refractivity contribution is 6.18. The lowest BCUT2D eigenvalue weighted by Crippen LogP contribution is -2.27. The number of carbonyl (C=O) groups excluding carboxylic acids is 1. The Balaban J connectivity index is 2.16. The smallest absolute Gasteiger partial charge is 0.271 e. The summed E-state index contributed by atoms with van der Waals surface area (Å²) in [5.41, 5.74) is 0.0302. The molecule has 0 unspecified atom stereocenters. The Bertz CT molecular complexity index is 1160. The largest absolute Gasteiger partial charge is 0.494 e. The van der Waals surface area contributed by atoms with Crippen molar-refractivity contribution in [3.63, 3.8) is 0 Å². The average Bonchev–Trinajstić information content (AvgIpc) is 2.73. The third-order valence-electron chi connectivity index (χ3n) is 5.30. The predicted octanol–water partition coefficient (Wildman–Crippen LogP) is 4.70. The standard InChI is InChI=1S/C24H24N2O3/c1-3-4-5-8-14-26-23(28)20(15-25)16(2)21(24(26)29)22(27)19-13-9-11-17-10-6-7-12-18(17)19/h6-7,9-13,29H,3-5,8,14H2,1-2H3. The SMILES string of the molecule is CCCCCCn1c(O)c(C(=O)c2cccc3ccccc23)c(C)c(C#N)c1=O. The van der Waals surface area contributed by atoms with Gasteiger partial charge in [0.05, 0.1) is 5.56 Å². The molecule has 0 saturated carbocycles. The minimum absolute atomic E-state index is 0.0213. The highest BCUT2D eigenvalue weighted by Crippen LogP contribution is 2.28. The van der Waals surface area contributed by atoms with Crippen molar-refractivity contribution < 1.29 is 9.90 Å². The molecular weight excluding hydrogens is 364 g/mol. The number of hydrogen-bond donors (Lipinski definition) is 1. The summed E-state index contributed by atoms with van der Waals surface area (Å²) in [6, 6.07) is 14.8. The van der Waals surface area contributed by atoms with E-state index in [1.165, 1.54) is 4.57 Å². The average molecular weight is 388 g/mol. The Hall–Kier alpha value is -3.39. The molecule has 0 aliphatic rings. The van der Waals surface area contributed by atoms with Crippen molar-refractivity contribution in [2.75, 3.05) is 0 Å². The quantitative estimate of drug-likeness (QED) is 0.470. The van der Waals surface area contributed by atoms with E-state index in [1.54, 1.807) is 19.1 Å². The monoisotopic (exact) mass is 388 g/mol. The maximum Gasteiger partial charge on any atom is 0.271 e. The fourth-order valence-electron chi connectivity index (χ4n) is 3.68. The molecule has 0 bridgehead atoms. The molecule has 2 aromatic carbocycles. The highest BCUT2D eigenvalue weighted by atomic mass is 16.3. The molecule has 0 aliphatic carbocycles. The number of nitrogens with zero attached hydrogens (tertiary/aromatic N) is 2. The lowest BCUT2D eigenvalue weighted by molar-refractivity contribution is 0.103. The minimum atomic E-state index is -0.548. The lowest BCUT2D eigenvalue weighted by atomic mass is 9.94. The van der Waals surface area contributed by atoms with Crippen molar-refractivity contribution in [1.82, 2.24) is 4.57 Å². The van der Waals surface area contributed by atoms with Crippen molar-refractivity contribution in [3.8, 4) is 11.9 Å². The van der Waals surface area contributed by atoms with Crippen molar-refractivity contribution in [3.05, 3.63) is 75.1 Å². The van der Waals surface area contributed by atoms with E-state index in [9.17, 15) is 20.0 Å². The van der Waals surface area contributed by atoms with E-state index in [-0.39, 0.29) is 29.1 Å². The van der Waals surface area contributed by atoms with Crippen LogP contribution in [0.1, 0.15) is 59.7 Å². The van der Waals surface area contributed by atoms with Gasteiger partial charge in [-0.05, 0) is 29.7 Å². The molecule has 0 spiro atoms. The third-order valence-corrected chi connectivity index (χ3v) is 5.30. The van der Waals surface area contributed by atoms with Crippen molar-refractivity contribution in [2.24, 2.45) is 0 Å². The molecule has 3 aromatic rings. The van der Waals surface area contributed by atoms with Gasteiger partial charge in [0, 0.05) is 12.1 Å². The van der Waals surface area contributed by atoms with Crippen LogP contribution in [-0.4, -0.2) is 15.5 Å². The zero-order valence-electron chi connectivity index (χ0n) is 16.7. The number of ketones is 1. The highest BCUT2D eigenvalue weighted by Gasteiger charge is 2.25. The van der Waals surface area contributed by atoms with E-state index < -0.39 is 11.3 Å². The van der Waals surface area contributed by atoms with E-state index in [4.69, 9.17) is 0 Å². The van der Waals surface area contributed by atoms with Crippen LogP contribution in [0, 0.1) is 18.3 Å². The first-order chi connectivity index (χ1) is 14.0. The van der Waals surface area contributed by atoms with Crippen molar-refractivity contribution >= 4 is 16.6 Å². The molecule has 5 heteroatoms. The molecule has 0 fully saturated rings. The minimum Gasteiger partial charge on any atom is -0.494 e. The first-order valence-corrected chi connectivity index (χ1v) is 9.90. The van der Waals surface area contributed by atoms with Gasteiger partial charge in [-0.1, -0.05) is 68.7 Å². The number of carbonyl (C=O) groups is 1. The first-order valence-electron chi connectivity index (χ1n) is 9.90. The number of pyridine rings is 1. The van der Waals surface area contributed by atoms with Crippen LogP contribution in [0.4, 0.5) is 0 Å². The normalized spacial score (nSPS) is 10.8. The van der Waals surface area contributed by atoms with Gasteiger partial charge in [0.2, 0.25) is 5.88 Å². The number of nitriles is 1. The maximum absolute atomic E-state index is 13.4.